The molecule has 6 nitrogen and oxygen atoms in total. The van der Waals surface area contributed by atoms with Crippen molar-refractivity contribution in [2.24, 2.45) is 0 Å². The number of nitriles is 1. The van der Waals surface area contributed by atoms with Crippen molar-refractivity contribution in [3.05, 3.63) is 36.4 Å². The smallest absolute Gasteiger partial charge is 0.252 e. The summed E-state index contributed by atoms with van der Waals surface area (Å²) in [6.45, 7) is 0.997. The molecule has 0 aliphatic carbocycles. The van der Waals surface area contributed by atoms with E-state index in [0.717, 1.165) is 5.75 Å². The van der Waals surface area contributed by atoms with Crippen LogP contribution in [0.4, 0.5) is 5.69 Å². The van der Waals surface area contributed by atoms with E-state index in [1.165, 1.54) is 6.33 Å². The van der Waals surface area contributed by atoms with Crippen LogP contribution < -0.4 is 10.5 Å². The van der Waals surface area contributed by atoms with Crippen LogP contribution >= 0.6 is 0 Å². The average molecular weight is 229 g/mol. The average Bonchev–Trinajstić information content (AvgIpc) is 2.80. The molecule has 1 aromatic carbocycles. The summed E-state index contributed by atoms with van der Waals surface area (Å²) in [4.78, 5) is 3.79. The number of hydrogen-bond donors (Lipinski definition) is 1. The largest absolute Gasteiger partial charge is 0.492 e. The second-order valence-electron chi connectivity index (χ2n) is 3.36. The first-order valence-corrected chi connectivity index (χ1v) is 5.06. The van der Waals surface area contributed by atoms with E-state index >= 15 is 0 Å². The fourth-order valence-corrected chi connectivity index (χ4v) is 1.27. The molecule has 2 rings (SSSR count). The minimum absolute atomic E-state index is 0.164. The molecule has 0 aliphatic heterocycles. The number of nitrogens with zero attached hydrogens (tertiary/aromatic N) is 4. The quantitative estimate of drug-likeness (QED) is 0.783. The van der Waals surface area contributed by atoms with Crippen molar-refractivity contribution >= 4 is 5.69 Å². The predicted molar refractivity (Wildman–Crippen MR) is 61.1 cm³/mol. The molecule has 2 N–H and O–H groups in total. The van der Waals surface area contributed by atoms with Gasteiger partial charge in [0.2, 0.25) is 0 Å². The van der Waals surface area contributed by atoms with Crippen molar-refractivity contribution in [2.45, 2.75) is 6.54 Å². The van der Waals surface area contributed by atoms with E-state index in [4.69, 9.17) is 15.7 Å². The molecule has 0 aliphatic rings. The Labute approximate surface area is 98.3 Å². The molecule has 0 atom stereocenters. The Kier molecular flexibility index (Phi) is 3.21. The molecule has 0 fully saturated rings. The zero-order valence-electron chi connectivity index (χ0n) is 9.08. The van der Waals surface area contributed by atoms with Gasteiger partial charge in [-0.15, -0.1) is 5.10 Å². The zero-order valence-corrected chi connectivity index (χ0v) is 9.08. The van der Waals surface area contributed by atoms with Gasteiger partial charge in [0.1, 0.15) is 24.8 Å². The maximum Gasteiger partial charge on any atom is 0.252 e. The lowest BCUT2D eigenvalue weighted by Gasteiger charge is -2.05. The molecule has 0 amide bonds. The summed E-state index contributed by atoms with van der Waals surface area (Å²) in [5, 5.41) is 12.5. The molecule has 17 heavy (non-hydrogen) atoms. The lowest BCUT2D eigenvalue weighted by molar-refractivity contribution is 0.291. The first kappa shape index (κ1) is 11.0. The number of nitrogen functional groups attached to an aromatic ring is 1. The van der Waals surface area contributed by atoms with Crippen LogP contribution in [0.3, 0.4) is 0 Å². The summed E-state index contributed by atoms with van der Waals surface area (Å²) < 4.78 is 7.05. The molecule has 86 valence electrons. The third kappa shape index (κ3) is 2.95. The van der Waals surface area contributed by atoms with Gasteiger partial charge in [0.15, 0.2) is 0 Å². The molecule has 0 saturated carbocycles. The van der Waals surface area contributed by atoms with Crippen LogP contribution in [0.5, 0.6) is 5.75 Å². The summed E-state index contributed by atoms with van der Waals surface area (Å²) in [7, 11) is 0. The van der Waals surface area contributed by atoms with Crippen LogP contribution in [-0.2, 0) is 6.54 Å². The first-order chi connectivity index (χ1) is 8.28. The van der Waals surface area contributed by atoms with Crippen molar-refractivity contribution in [3.8, 4) is 11.8 Å². The van der Waals surface area contributed by atoms with Crippen LogP contribution in [0.2, 0.25) is 0 Å². The fourth-order valence-electron chi connectivity index (χ4n) is 1.27. The van der Waals surface area contributed by atoms with Gasteiger partial charge in [0, 0.05) is 5.69 Å². The van der Waals surface area contributed by atoms with E-state index in [0.29, 0.717) is 18.8 Å². The van der Waals surface area contributed by atoms with Crippen molar-refractivity contribution in [1.82, 2.24) is 14.8 Å². The van der Waals surface area contributed by atoms with E-state index in [2.05, 4.69) is 10.1 Å². The van der Waals surface area contributed by atoms with Gasteiger partial charge in [0.25, 0.3) is 5.82 Å². The van der Waals surface area contributed by atoms with E-state index < -0.39 is 0 Å². The number of nitrogens with two attached hydrogens (primary N) is 1. The van der Waals surface area contributed by atoms with Gasteiger partial charge in [-0.2, -0.15) is 5.26 Å². The topological polar surface area (TPSA) is 89.8 Å². The second kappa shape index (κ2) is 4.99. The SMILES string of the molecule is N#Cc1ncn(CCOc2ccc(N)cc2)n1. The number of rotatable bonds is 4. The molecule has 0 unspecified atom stereocenters. The third-order valence-electron chi connectivity index (χ3n) is 2.11. The highest BCUT2D eigenvalue weighted by molar-refractivity contribution is 5.41. The van der Waals surface area contributed by atoms with Crippen molar-refractivity contribution in [3.63, 3.8) is 0 Å². The van der Waals surface area contributed by atoms with Crippen LogP contribution in [0.15, 0.2) is 30.6 Å². The minimum atomic E-state index is 0.164. The maximum atomic E-state index is 8.55. The number of hydrogen-bond acceptors (Lipinski definition) is 5. The highest BCUT2D eigenvalue weighted by Gasteiger charge is 1.99. The first-order valence-electron chi connectivity index (χ1n) is 5.06. The van der Waals surface area contributed by atoms with Crippen LogP contribution in [0.25, 0.3) is 0 Å². The van der Waals surface area contributed by atoms with Gasteiger partial charge in [-0.1, -0.05) is 0 Å². The van der Waals surface area contributed by atoms with E-state index in [9.17, 15) is 0 Å². The van der Waals surface area contributed by atoms with Gasteiger partial charge >= 0.3 is 0 Å². The molecule has 1 heterocycles. The van der Waals surface area contributed by atoms with E-state index in [-0.39, 0.29) is 5.82 Å². The molecular weight excluding hydrogens is 218 g/mol. The van der Waals surface area contributed by atoms with Crippen LogP contribution in [-0.4, -0.2) is 21.4 Å². The Hall–Kier alpha value is -2.55. The lowest BCUT2D eigenvalue weighted by atomic mass is 10.3. The summed E-state index contributed by atoms with van der Waals surface area (Å²) in [6.07, 6.45) is 1.50. The monoisotopic (exact) mass is 229 g/mol. The molecular formula is C11H11N5O. The summed E-state index contributed by atoms with van der Waals surface area (Å²) in [5.74, 6) is 0.914. The lowest BCUT2D eigenvalue weighted by Crippen LogP contribution is -2.08. The minimum Gasteiger partial charge on any atom is -0.492 e. The van der Waals surface area contributed by atoms with Crippen molar-refractivity contribution < 1.29 is 4.74 Å². The Morgan fingerprint density at radius 2 is 2.12 bits per heavy atom. The highest BCUT2D eigenvalue weighted by atomic mass is 16.5. The van der Waals surface area contributed by atoms with Gasteiger partial charge in [0.05, 0.1) is 6.54 Å². The number of ether oxygens (including phenoxy) is 1. The fraction of sp³-hybridized carbons (Fsp3) is 0.182. The van der Waals surface area contributed by atoms with E-state index in [1.54, 1.807) is 28.9 Å². The Bertz CT molecular complexity index is 526. The van der Waals surface area contributed by atoms with Gasteiger partial charge in [-0.05, 0) is 24.3 Å². The molecule has 2 aromatic rings. The Morgan fingerprint density at radius 1 is 1.35 bits per heavy atom. The molecule has 1 aromatic heterocycles. The molecule has 0 bridgehead atoms. The summed E-state index contributed by atoms with van der Waals surface area (Å²) >= 11 is 0. The summed E-state index contributed by atoms with van der Waals surface area (Å²) in [5.41, 5.74) is 6.26. The third-order valence-corrected chi connectivity index (χ3v) is 2.11. The van der Waals surface area contributed by atoms with Crippen LogP contribution in [0, 0.1) is 11.3 Å². The molecule has 6 heteroatoms. The van der Waals surface area contributed by atoms with Crippen molar-refractivity contribution in [2.75, 3.05) is 12.3 Å². The van der Waals surface area contributed by atoms with Crippen molar-refractivity contribution in [1.29, 1.82) is 5.26 Å². The Morgan fingerprint density at radius 3 is 2.76 bits per heavy atom. The molecule has 0 radical (unpaired) electrons. The summed E-state index contributed by atoms with van der Waals surface area (Å²) in [6, 6.07) is 9.02. The zero-order chi connectivity index (χ0) is 12.1. The number of benzene rings is 1. The number of aromatic nitrogens is 3. The van der Waals surface area contributed by atoms with Gasteiger partial charge in [-0.3, -0.25) is 0 Å². The van der Waals surface area contributed by atoms with Gasteiger partial charge < -0.3 is 10.5 Å². The maximum absolute atomic E-state index is 8.55. The van der Waals surface area contributed by atoms with Crippen LogP contribution in [0.1, 0.15) is 5.82 Å². The molecule has 0 saturated heterocycles. The molecule has 0 spiro atoms. The van der Waals surface area contributed by atoms with E-state index in [1.807, 2.05) is 6.07 Å². The normalized spacial score (nSPS) is 9.82. The predicted octanol–water partition coefficient (Wildman–Crippen LogP) is 0.811. The number of anilines is 1. The highest BCUT2D eigenvalue weighted by Crippen LogP contribution is 2.12. The standard InChI is InChI=1S/C11H11N5O/c12-7-11-14-8-16(15-11)5-6-17-10-3-1-9(13)2-4-10/h1-4,8H,5-6,13H2. The Balaban J connectivity index is 1.83. The second-order valence-corrected chi connectivity index (χ2v) is 3.36. The van der Waals surface area contributed by atoms with Gasteiger partial charge in [-0.25, -0.2) is 9.67 Å².